The second-order valence-electron chi connectivity index (χ2n) is 5.95. The van der Waals surface area contributed by atoms with Crippen molar-refractivity contribution in [1.29, 1.82) is 0 Å². The zero-order chi connectivity index (χ0) is 16.7. The van der Waals surface area contributed by atoms with Crippen molar-refractivity contribution in [3.63, 3.8) is 0 Å². The van der Waals surface area contributed by atoms with Gasteiger partial charge in [-0.3, -0.25) is 0 Å². The number of nitrogens with one attached hydrogen (secondary N) is 1. The standard InChI is InChI=1S/C17H15ClN4OS/c1-10-8-13(10)15-7-6-11(23-15)9-19-22-16(20-21-17(22)24)12-4-2-3-5-14(12)18/h2-7,9-10,13H,8H2,1H3,(H,21,24)/b19-9-/t10-,13+/m1/s1. The average molecular weight is 359 g/mol. The number of hydrogen-bond acceptors (Lipinski definition) is 4. The van der Waals surface area contributed by atoms with Gasteiger partial charge in [0.1, 0.15) is 11.5 Å². The minimum absolute atomic E-state index is 0.392. The van der Waals surface area contributed by atoms with Crippen molar-refractivity contribution in [1.82, 2.24) is 14.9 Å². The van der Waals surface area contributed by atoms with Crippen LogP contribution >= 0.6 is 23.8 Å². The first-order chi connectivity index (χ1) is 11.6. The molecule has 0 aliphatic heterocycles. The van der Waals surface area contributed by atoms with E-state index in [9.17, 15) is 0 Å². The summed E-state index contributed by atoms with van der Waals surface area (Å²) < 4.78 is 7.76. The minimum atomic E-state index is 0.392. The highest BCUT2D eigenvalue weighted by molar-refractivity contribution is 7.71. The molecule has 0 spiro atoms. The predicted octanol–water partition coefficient (Wildman–Crippen LogP) is 4.86. The first-order valence-corrected chi connectivity index (χ1v) is 8.48. The molecule has 1 N–H and O–H groups in total. The van der Waals surface area contributed by atoms with Crippen LogP contribution in [0.2, 0.25) is 5.02 Å². The molecule has 122 valence electrons. The van der Waals surface area contributed by atoms with Crippen LogP contribution < -0.4 is 0 Å². The van der Waals surface area contributed by atoms with Crippen LogP contribution in [-0.2, 0) is 0 Å². The zero-order valence-electron chi connectivity index (χ0n) is 12.9. The number of rotatable bonds is 4. The maximum atomic E-state index is 6.24. The van der Waals surface area contributed by atoms with Crippen LogP contribution in [-0.4, -0.2) is 21.1 Å². The summed E-state index contributed by atoms with van der Waals surface area (Å²) in [6.07, 6.45) is 2.83. The van der Waals surface area contributed by atoms with Crippen LogP contribution in [0.5, 0.6) is 0 Å². The molecule has 1 fully saturated rings. The van der Waals surface area contributed by atoms with Gasteiger partial charge in [-0.1, -0.05) is 30.7 Å². The van der Waals surface area contributed by atoms with Crippen molar-refractivity contribution in [2.24, 2.45) is 11.0 Å². The molecule has 0 unspecified atom stereocenters. The molecule has 1 aliphatic carbocycles. The van der Waals surface area contributed by atoms with Gasteiger partial charge in [-0.05, 0) is 48.8 Å². The van der Waals surface area contributed by atoms with Gasteiger partial charge in [0, 0.05) is 11.5 Å². The zero-order valence-corrected chi connectivity index (χ0v) is 14.5. The topological polar surface area (TPSA) is 59.1 Å². The largest absolute Gasteiger partial charge is 0.460 e. The van der Waals surface area contributed by atoms with Gasteiger partial charge in [0.25, 0.3) is 0 Å². The fourth-order valence-corrected chi connectivity index (χ4v) is 3.09. The molecule has 24 heavy (non-hydrogen) atoms. The first kappa shape index (κ1) is 15.4. The number of H-pyrrole nitrogens is 1. The molecule has 1 aromatic carbocycles. The van der Waals surface area contributed by atoms with Gasteiger partial charge in [-0.15, -0.1) is 0 Å². The maximum absolute atomic E-state index is 6.24. The van der Waals surface area contributed by atoms with Crippen LogP contribution in [0.1, 0.15) is 30.8 Å². The van der Waals surface area contributed by atoms with Crippen LogP contribution in [0.15, 0.2) is 45.9 Å². The van der Waals surface area contributed by atoms with E-state index in [1.54, 1.807) is 17.0 Å². The molecule has 4 rings (SSSR count). The third-order valence-electron chi connectivity index (χ3n) is 4.19. The summed E-state index contributed by atoms with van der Waals surface area (Å²) >= 11 is 11.5. The van der Waals surface area contributed by atoms with Crippen molar-refractivity contribution in [2.45, 2.75) is 19.3 Å². The van der Waals surface area contributed by atoms with Crippen molar-refractivity contribution >= 4 is 30.0 Å². The van der Waals surface area contributed by atoms with E-state index in [4.69, 9.17) is 28.2 Å². The van der Waals surface area contributed by atoms with Gasteiger partial charge < -0.3 is 4.42 Å². The number of halogens is 1. The summed E-state index contributed by atoms with van der Waals surface area (Å²) in [5, 5.41) is 12.0. The van der Waals surface area contributed by atoms with Crippen LogP contribution in [0.25, 0.3) is 11.4 Å². The fraction of sp³-hybridized carbons (Fsp3) is 0.235. The van der Waals surface area contributed by atoms with Crippen molar-refractivity contribution in [3.8, 4) is 11.4 Å². The Labute approximate surface area is 149 Å². The summed E-state index contributed by atoms with van der Waals surface area (Å²) in [6, 6.07) is 11.4. The minimum Gasteiger partial charge on any atom is -0.460 e. The molecule has 0 radical (unpaired) electrons. The molecule has 1 aliphatic rings. The number of furan rings is 1. The molecule has 0 amide bonds. The smallest absolute Gasteiger partial charge is 0.216 e. The molecule has 2 heterocycles. The van der Waals surface area contributed by atoms with E-state index in [0.717, 1.165) is 11.3 Å². The Morgan fingerprint density at radius 3 is 2.92 bits per heavy atom. The highest BCUT2D eigenvalue weighted by atomic mass is 35.5. The van der Waals surface area contributed by atoms with Gasteiger partial charge in [-0.2, -0.15) is 14.9 Å². The Balaban J connectivity index is 1.65. The highest BCUT2D eigenvalue weighted by Gasteiger charge is 2.36. The van der Waals surface area contributed by atoms with Gasteiger partial charge in [0.2, 0.25) is 4.77 Å². The lowest BCUT2D eigenvalue weighted by atomic mass is 10.2. The van der Waals surface area contributed by atoms with E-state index in [1.165, 1.54) is 6.42 Å². The van der Waals surface area contributed by atoms with Crippen molar-refractivity contribution in [2.75, 3.05) is 0 Å². The molecule has 1 saturated carbocycles. The van der Waals surface area contributed by atoms with Crippen LogP contribution in [0, 0.1) is 10.7 Å². The summed E-state index contributed by atoms with van der Waals surface area (Å²) in [5.74, 6) is 3.52. The van der Waals surface area contributed by atoms with E-state index < -0.39 is 0 Å². The SMILES string of the molecule is C[C@@H]1C[C@@H]1c1ccc(/C=N\n2c(-c3ccccc3Cl)n[nH]c2=S)o1. The number of hydrogen-bond donors (Lipinski definition) is 1. The third-order valence-corrected chi connectivity index (χ3v) is 4.78. The molecule has 5 nitrogen and oxygen atoms in total. The Hall–Kier alpha value is -2.18. The summed E-state index contributed by atoms with van der Waals surface area (Å²) in [4.78, 5) is 0. The first-order valence-electron chi connectivity index (χ1n) is 7.70. The van der Waals surface area contributed by atoms with E-state index in [-0.39, 0.29) is 0 Å². The number of nitrogens with zero attached hydrogens (tertiary/aromatic N) is 3. The molecule has 2 aromatic heterocycles. The van der Waals surface area contributed by atoms with Gasteiger partial charge in [-0.25, -0.2) is 5.10 Å². The molecular formula is C17H15ClN4OS. The third kappa shape index (κ3) is 2.83. The fourth-order valence-electron chi connectivity index (χ4n) is 2.69. The molecule has 3 aromatic rings. The molecular weight excluding hydrogens is 344 g/mol. The Morgan fingerprint density at radius 2 is 2.17 bits per heavy atom. The van der Waals surface area contributed by atoms with E-state index in [2.05, 4.69) is 22.2 Å². The number of aromatic nitrogens is 3. The lowest BCUT2D eigenvalue weighted by Gasteiger charge is -2.02. The monoisotopic (exact) mass is 358 g/mol. The highest BCUT2D eigenvalue weighted by Crippen LogP contribution is 2.47. The average Bonchev–Trinajstić information content (AvgIpc) is 2.97. The van der Waals surface area contributed by atoms with Gasteiger partial charge >= 0.3 is 0 Å². The normalized spacial score (nSPS) is 19.9. The van der Waals surface area contributed by atoms with E-state index >= 15 is 0 Å². The van der Waals surface area contributed by atoms with Crippen LogP contribution in [0.3, 0.4) is 0 Å². The molecule has 0 saturated heterocycles. The van der Waals surface area contributed by atoms with Gasteiger partial charge in [0.15, 0.2) is 5.82 Å². The molecule has 2 atom stereocenters. The Kier molecular flexibility index (Phi) is 3.86. The Morgan fingerprint density at radius 1 is 1.38 bits per heavy atom. The second-order valence-corrected chi connectivity index (χ2v) is 6.74. The molecule has 0 bridgehead atoms. The summed E-state index contributed by atoms with van der Waals surface area (Å²) in [6.45, 7) is 2.22. The lowest BCUT2D eigenvalue weighted by Crippen LogP contribution is -1.95. The van der Waals surface area contributed by atoms with Crippen molar-refractivity contribution in [3.05, 3.63) is 57.7 Å². The second kappa shape index (κ2) is 6.03. The maximum Gasteiger partial charge on any atom is 0.216 e. The van der Waals surface area contributed by atoms with E-state index in [1.807, 2.05) is 30.3 Å². The summed E-state index contributed by atoms with van der Waals surface area (Å²) in [7, 11) is 0. The lowest BCUT2D eigenvalue weighted by molar-refractivity contribution is 0.500. The number of aromatic amines is 1. The molecule has 7 heteroatoms. The van der Waals surface area contributed by atoms with Crippen LogP contribution in [0.4, 0.5) is 0 Å². The van der Waals surface area contributed by atoms with Gasteiger partial charge in [0.05, 0.1) is 11.2 Å². The number of benzene rings is 1. The van der Waals surface area contributed by atoms with Crippen molar-refractivity contribution < 1.29 is 4.42 Å². The Bertz CT molecular complexity index is 971. The van der Waals surface area contributed by atoms with E-state index in [0.29, 0.717) is 33.2 Å². The predicted molar refractivity (Wildman–Crippen MR) is 96.1 cm³/mol. The quantitative estimate of drug-likeness (QED) is 0.535. The summed E-state index contributed by atoms with van der Waals surface area (Å²) in [5.41, 5.74) is 0.760.